The van der Waals surface area contributed by atoms with Gasteiger partial charge in [-0.3, -0.25) is 11.3 Å². The molecule has 0 saturated heterocycles. The van der Waals surface area contributed by atoms with Gasteiger partial charge in [-0.25, -0.2) is 4.39 Å². The molecule has 0 heterocycles. The van der Waals surface area contributed by atoms with Gasteiger partial charge in [-0.05, 0) is 54.7 Å². The first-order chi connectivity index (χ1) is 10.2. The molecular weight excluding hydrogens is 267 g/mol. The Balaban J connectivity index is 1.75. The molecule has 3 N–H and O–H groups in total. The summed E-state index contributed by atoms with van der Waals surface area (Å²) in [5.74, 6) is 6.31. The molecule has 3 rings (SSSR count). The minimum absolute atomic E-state index is 0.0745. The molecule has 1 saturated carbocycles. The largest absolute Gasteiger partial charge is 0.490 e. The van der Waals surface area contributed by atoms with Gasteiger partial charge in [0.15, 0.2) is 0 Å². The maximum Gasteiger partial charge on any atom is 0.123 e. The lowest BCUT2D eigenvalue weighted by molar-refractivity contribution is 0.302. The van der Waals surface area contributed by atoms with Crippen molar-refractivity contribution < 1.29 is 9.13 Å². The van der Waals surface area contributed by atoms with Crippen LogP contribution < -0.4 is 16.0 Å². The molecule has 4 heteroatoms. The van der Waals surface area contributed by atoms with Crippen molar-refractivity contribution in [2.75, 3.05) is 0 Å². The van der Waals surface area contributed by atoms with E-state index in [0.717, 1.165) is 29.7 Å². The Morgan fingerprint density at radius 3 is 2.71 bits per heavy atom. The summed E-state index contributed by atoms with van der Waals surface area (Å²) in [4.78, 5) is 0. The van der Waals surface area contributed by atoms with Crippen LogP contribution in [0.3, 0.4) is 0 Å². The highest BCUT2D eigenvalue weighted by Gasteiger charge is 2.23. The van der Waals surface area contributed by atoms with Crippen LogP contribution in [-0.4, -0.2) is 6.10 Å². The third-order valence-corrected chi connectivity index (χ3v) is 3.62. The SMILES string of the molecule is NNC(Cc1cccc(F)c1)c1cccc(OC2CC2)c1. The lowest BCUT2D eigenvalue weighted by Crippen LogP contribution is -2.29. The molecule has 0 aromatic heterocycles. The Bertz CT molecular complexity index is 613. The number of hydrogen-bond acceptors (Lipinski definition) is 3. The monoisotopic (exact) mass is 286 g/mol. The Morgan fingerprint density at radius 1 is 1.19 bits per heavy atom. The van der Waals surface area contributed by atoms with Gasteiger partial charge < -0.3 is 4.74 Å². The summed E-state index contributed by atoms with van der Waals surface area (Å²) in [5.41, 5.74) is 4.75. The van der Waals surface area contributed by atoms with Gasteiger partial charge in [0.05, 0.1) is 12.1 Å². The van der Waals surface area contributed by atoms with Gasteiger partial charge in [0.25, 0.3) is 0 Å². The molecule has 0 bridgehead atoms. The number of rotatable bonds is 6. The van der Waals surface area contributed by atoms with E-state index in [1.54, 1.807) is 6.07 Å². The van der Waals surface area contributed by atoms with Crippen molar-refractivity contribution in [2.45, 2.75) is 31.4 Å². The topological polar surface area (TPSA) is 47.3 Å². The molecule has 1 aliphatic carbocycles. The van der Waals surface area contributed by atoms with Gasteiger partial charge in [0, 0.05) is 0 Å². The molecule has 1 fully saturated rings. The number of hydrazine groups is 1. The molecule has 2 aromatic rings. The first kappa shape index (κ1) is 14.0. The van der Waals surface area contributed by atoms with E-state index in [-0.39, 0.29) is 11.9 Å². The quantitative estimate of drug-likeness (QED) is 0.633. The van der Waals surface area contributed by atoms with Gasteiger partial charge in [0.1, 0.15) is 11.6 Å². The van der Waals surface area contributed by atoms with Crippen molar-refractivity contribution in [1.29, 1.82) is 0 Å². The Hall–Kier alpha value is -1.91. The first-order valence-electron chi connectivity index (χ1n) is 7.22. The van der Waals surface area contributed by atoms with Crippen molar-refractivity contribution in [2.24, 2.45) is 5.84 Å². The molecule has 0 spiro atoms. The van der Waals surface area contributed by atoms with Gasteiger partial charge in [-0.15, -0.1) is 0 Å². The molecular formula is C17H19FN2O. The van der Waals surface area contributed by atoms with Gasteiger partial charge in [-0.1, -0.05) is 24.3 Å². The minimum Gasteiger partial charge on any atom is -0.490 e. The first-order valence-corrected chi connectivity index (χ1v) is 7.22. The number of nitrogens with two attached hydrogens (primary N) is 1. The standard InChI is InChI=1S/C17H19FN2O/c18-14-5-1-3-12(9-14)10-17(20-19)13-4-2-6-16(11-13)21-15-7-8-15/h1-6,9,11,15,17,20H,7-8,10,19H2. The average molecular weight is 286 g/mol. The van der Waals surface area contributed by atoms with Crippen molar-refractivity contribution in [3.05, 3.63) is 65.5 Å². The summed E-state index contributed by atoms with van der Waals surface area (Å²) in [6.07, 6.45) is 3.26. The summed E-state index contributed by atoms with van der Waals surface area (Å²) in [6.45, 7) is 0. The van der Waals surface area contributed by atoms with Gasteiger partial charge in [0.2, 0.25) is 0 Å². The van der Waals surface area contributed by atoms with Crippen LogP contribution in [0, 0.1) is 5.82 Å². The molecule has 0 amide bonds. The molecule has 1 atom stereocenters. The second kappa shape index (κ2) is 6.24. The normalized spacial score (nSPS) is 15.7. The lowest BCUT2D eigenvalue weighted by Gasteiger charge is -2.17. The summed E-state index contributed by atoms with van der Waals surface area (Å²) < 4.78 is 19.1. The van der Waals surface area contributed by atoms with Crippen LogP contribution in [0.15, 0.2) is 48.5 Å². The van der Waals surface area contributed by atoms with Crippen LogP contribution >= 0.6 is 0 Å². The smallest absolute Gasteiger partial charge is 0.123 e. The lowest BCUT2D eigenvalue weighted by atomic mass is 9.99. The summed E-state index contributed by atoms with van der Waals surface area (Å²) in [7, 11) is 0. The Labute approximate surface area is 123 Å². The fourth-order valence-electron chi connectivity index (χ4n) is 2.36. The number of benzene rings is 2. The minimum atomic E-state index is -0.228. The van der Waals surface area contributed by atoms with Crippen molar-refractivity contribution >= 4 is 0 Å². The zero-order valence-electron chi connectivity index (χ0n) is 11.8. The van der Waals surface area contributed by atoms with Crippen LogP contribution in [-0.2, 0) is 6.42 Å². The fourth-order valence-corrected chi connectivity index (χ4v) is 2.36. The molecule has 0 radical (unpaired) electrons. The van der Waals surface area contributed by atoms with Crippen molar-refractivity contribution in [1.82, 2.24) is 5.43 Å². The predicted molar refractivity (Wildman–Crippen MR) is 80.3 cm³/mol. The van der Waals surface area contributed by atoms with E-state index < -0.39 is 0 Å². The van der Waals surface area contributed by atoms with Crippen molar-refractivity contribution in [3.63, 3.8) is 0 Å². The Morgan fingerprint density at radius 2 is 2.00 bits per heavy atom. The molecule has 2 aromatic carbocycles. The van der Waals surface area contributed by atoms with Crippen LogP contribution in [0.1, 0.15) is 30.0 Å². The van der Waals surface area contributed by atoms with Gasteiger partial charge in [-0.2, -0.15) is 0 Å². The van der Waals surface area contributed by atoms with Gasteiger partial charge >= 0.3 is 0 Å². The summed E-state index contributed by atoms with van der Waals surface area (Å²) >= 11 is 0. The number of hydrogen-bond donors (Lipinski definition) is 2. The van der Waals surface area contributed by atoms with E-state index in [4.69, 9.17) is 10.6 Å². The second-order valence-electron chi connectivity index (χ2n) is 5.44. The van der Waals surface area contributed by atoms with E-state index in [1.807, 2.05) is 30.3 Å². The van der Waals surface area contributed by atoms with Crippen molar-refractivity contribution in [3.8, 4) is 5.75 Å². The highest BCUT2D eigenvalue weighted by atomic mass is 19.1. The van der Waals surface area contributed by atoms with E-state index in [1.165, 1.54) is 12.1 Å². The second-order valence-corrected chi connectivity index (χ2v) is 5.44. The highest BCUT2D eigenvalue weighted by Crippen LogP contribution is 2.29. The summed E-state index contributed by atoms with van der Waals surface area (Å²) in [5, 5.41) is 0. The third-order valence-electron chi connectivity index (χ3n) is 3.62. The van der Waals surface area contributed by atoms with E-state index in [2.05, 4.69) is 5.43 Å². The molecule has 1 unspecified atom stereocenters. The fraction of sp³-hybridized carbons (Fsp3) is 0.294. The maximum absolute atomic E-state index is 13.3. The van der Waals surface area contributed by atoms with Crippen LogP contribution in [0.25, 0.3) is 0 Å². The maximum atomic E-state index is 13.3. The molecule has 3 nitrogen and oxygen atoms in total. The average Bonchev–Trinajstić information content (AvgIpc) is 3.29. The number of nitrogens with one attached hydrogen (secondary N) is 1. The zero-order chi connectivity index (χ0) is 14.7. The van der Waals surface area contributed by atoms with Crippen LogP contribution in [0.4, 0.5) is 4.39 Å². The number of ether oxygens (including phenoxy) is 1. The van der Waals surface area contributed by atoms with Crippen LogP contribution in [0.2, 0.25) is 0 Å². The zero-order valence-corrected chi connectivity index (χ0v) is 11.8. The molecule has 21 heavy (non-hydrogen) atoms. The molecule has 1 aliphatic rings. The molecule has 110 valence electrons. The predicted octanol–water partition coefficient (Wildman–Crippen LogP) is 3.11. The van der Waals surface area contributed by atoms with Crippen LogP contribution in [0.5, 0.6) is 5.75 Å². The molecule has 0 aliphatic heterocycles. The van der Waals surface area contributed by atoms with E-state index in [0.29, 0.717) is 12.5 Å². The highest BCUT2D eigenvalue weighted by molar-refractivity contribution is 5.32. The van der Waals surface area contributed by atoms with E-state index in [9.17, 15) is 4.39 Å². The number of halogens is 1. The third kappa shape index (κ3) is 3.80. The van der Waals surface area contributed by atoms with E-state index >= 15 is 0 Å². The Kier molecular flexibility index (Phi) is 4.18. The summed E-state index contributed by atoms with van der Waals surface area (Å²) in [6, 6.07) is 14.4.